The molecule has 0 saturated carbocycles. The first-order chi connectivity index (χ1) is 4.16. The van der Waals surface area contributed by atoms with Crippen LogP contribution in [-0.2, 0) is 0 Å². The van der Waals surface area contributed by atoms with Gasteiger partial charge in [-0.2, -0.15) is 0 Å². The fraction of sp³-hybridized carbons (Fsp3) is 1.00. The van der Waals surface area contributed by atoms with Gasteiger partial charge in [-0.3, -0.25) is 0 Å². The molecule has 58 valence electrons. The summed E-state index contributed by atoms with van der Waals surface area (Å²) in [5, 5.41) is 0. The van der Waals surface area contributed by atoms with Crippen LogP contribution in [0.2, 0.25) is 0 Å². The van der Waals surface area contributed by atoms with Gasteiger partial charge in [-0.1, -0.05) is 0 Å². The molecule has 0 aromatic carbocycles. The second-order valence-corrected chi connectivity index (χ2v) is 6.36. The zero-order valence-corrected chi connectivity index (χ0v) is 8.68. The number of nitrogens with two attached hydrogens (primary N) is 1. The first kappa shape index (κ1) is 9.69. The van der Waals surface area contributed by atoms with Gasteiger partial charge >= 0.3 is 68.5 Å². The molecular formula is C7H17IN-. The van der Waals surface area contributed by atoms with Gasteiger partial charge in [-0.25, -0.2) is 0 Å². The van der Waals surface area contributed by atoms with Crippen LogP contribution in [-0.4, -0.2) is 14.4 Å². The van der Waals surface area contributed by atoms with Crippen LogP contribution in [0.5, 0.6) is 0 Å². The van der Waals surface area contributed by atoms with Crippen molar-refractivity contribution in [3.8, 4) is 0 Å². The van der Waals surface area contributed by atoms with Crippen LogP contribution in [0.25, 0.3) is 0 Å². The Labute approximate surface area is 68.7 Å². The van der Waals surface area contributed by atoms with E-state index in [-0.39, 0.29) is 0 Å². The Morgan fingerprint density at radius 2 is 2.00 bits per heavy atom. The summed E-state index contributed by atoms with van der Waals surface area (Å²) >= 11 is 0.397. The minimum atomic E-state index is 0.397. The van der Waals surface area contributed by atoms with Crippen LogP contribution in [0.4, 0.5) is 0 Å². The van der Waals surface area contributed by atoms with E-state index < -0.39 is 0 Å². The molecule has 0 aromatic rings. The van der Waals surface area contributed by atoms with Crippen molar-refractivity contribution in [3.05, 3.63) is 0 Å². The molecule has 0 aliphatic rings. The third-order valence-electron chi connectivity index (χ3n) is 1.16. The second kappa shape index (κ2) is 5.47. The van der Waals surface area contributed by atoms with Crippen LogP contribution in [0.1, 0.15) is 27.2 Å². The molecule has 0 radical (unpaired) electrons. The Morgan fingerprint density at radius 3 is 2.33 bits per heavy atom. The minimum absolute atomic E-state index is 0.397. The third-order valence-corrected chi connectivity index (χ3v) is 5.44. The summed E-state index contributed by atoms with van der Waals surface area (Å²) in [4.78, 5) is 0. The average Bonchev–Trinajstić information content (AvgIpc) is 1.83. The van der Waals surface area contributed by atoms with Crippen LogP contribution in [0.3, 0.4) is 0 Å². The standard InChI is InChI=1S/C7H17IN/c1-4-6(2)8-5-7(3)9/h6-7H,4-5,9H2,1-3H3/q-1. The van der Waals surface area contributed by atoms with Crippen molar-refractivity contribution in [3.63, 3.8) is 0 Å². The van der Waals surface area contributed by atoms with Gasteiger partial charge in [0.05, 0.1) is 0 Å². The van der Waals surface area contributed by atoms with Crippen LogP contribution < -0.4 is 26.9 Å². The Bertz CT molecular complexity index is 63.9. The van der Waals surface area contributed by atoms with Gasteiger partial charge in [-0.15, -0.1) is 0 Å². The van der Waals surface area contributed by atoms with Crippen molar-refractivity contribution in [2.24, 2.45) is 5.73 Å². The molecule has 0 rings (SSSR count). The molecule has 0 aromatic heterocycles. The van der Waals surface area contributed by atoms with Gasteiger partial charge in [0.25, 0.3) is 0 Å². The molecule has 0 aliphatic heterocycles. The Hall–Kier alpha value is 0.690. The summed E-state index contributed by atoms with van der Waals surface area (Å²) in [5.41, 5.74) is 5.62. The monoisotopic (exact) mass is 242 g/mol. The fourth-order valence-electron chi connectivity index (χ4n) is 0.402. The summed E-state index contributed by atoms with van der Waals surface area (Å²) in [7, 11) is 0. The Kier molecular flexibility index (Phi) is 5.89. The molecule has 0 spiro atoms. The molecule has 9 heavy (non-hydrogen) atoms. The van der Waals surface area contributed by atoms with Crippen LogP contribution in [0.15, 0.2) is 0 Å². The van der Waals surface area contributed by atoms with E-state index in [0.717, 1.165) is 3.92 Å². The molecule has 0 amide bonds. The van der Waals surface area contributed by atoms with Crippen LogP contribution in [0, 0.1) is 0 Å². The van der Waals surface area contributed by atoms with Gasteiger partial charge < -0.3 is 0 Å². The Morgan fingerprint density at radius 1 is 1.44 bits per heavy atom. The van der Waals surface area contributed by atoms with Gasteiger partial charge in [0.1, 0.15) is 0 Å². The molecule has 2 N–H and O–H groups in total. The molecule has 0 heterocycles. The molecular weight excluding hydrogens is 225 g/mol. The fourth-order valence-corrected chi connectivity index (χ4v) is 2.69. The van der Waals surface area contributed by atoms with E-state index in [4.69, 9.17) is 5.73 Å². The van der Waals surface area contributed by atoms with E-state index in [1.54, 1.807) is 0 Å². The third kappa shape index (κ3) is 6.58. The summed E-state index contributed by atoms with van der Waals surface area (Å²) in [5.74, 6) is 0. The molecule has 0 bridgehead atoms. The molecule has 0 saturated heterocycles. The SMILES string of the molecule is CCC(C)[I-]CC(C)N. The number of hydrogen-bond donors (Lipinski definition) is 1. The van der Waals surface area contributed by atoms with E-state index in [1.165, 1.54) is 10.8 Å². The van der Waals surface area contributed by atoms with Crippen molar-refractivity contribution in [1.82, 2.24) is 0 Å². The number of rotatable bonds is 4. The van der Waals surface area contributed by atoms with Crippen molar-refractivity contribution in [2.45, 2.75) is 37.2 Å². The van der Waals surface area contributed by atoms with Gasteiger partial charge in [0.2, 0.25) is 0 Å². The van der Waals surface area contributed by atoms with Gasteiger partial charge in [0.15, 0.2) is 0 Å². The van der Waals surface area contributed by atoms with Crippen molar-refractivity contribution < 1.29 is 21.2 Å². The number of halogens is 1. The molecule has 0 fully saturated rings. The maximum atomic E-state index is 5.62. The zero-order chi connectivity index (χ0) is 7.28. The quantitative estimate of drug-likeness (QED) is 0.458. The molecule has 0 aliphatic carbocycles. The molecule has 1 nitrogen and oxygen atoms in total. The molecule has 2 heteroatoms. The first-order valence-corrected chi connectivity index (χ1v) is 6.27. The van der Waals surface area contributed by atoms with E-state index >= 15 is 0 Å². The predicted octanol–water partition coefficient (Wildman–Crippen LogP) is -1.78. The first-order valence-electron chi connectivity index (χ1n) is 3.50. The van der Waals surface area contributed by atoms with E-state index in [2.05, 4.69) is 20.8 Å². The normalized spacial score (nSPS) is 17.8. The van der Waals surface area contributed by atoms with E-state index in [0.29, 0.717) is 27.2 Å². The van der Waals surface area contributed by atoms with E-state index in [1.807, 2.05) is 0 Å². The van der Waals surface area contributed by atoms with Gasteiger partial charge in [-0.05, 0) is 0 Å². The molecule has 2 atom stereocenters. The number of alkyl halides is 2. The van der Waals surface area contributed by atoms with E-state index in [9.17, 15) is 0 Å². The summed E-state index contributed by atoms with van der Waals surface area (Å²) in [6, 6.07) is 0.437. The van der Waals surface area contributed by atoms with Gasteiger partial charge in [0, 0.05) is 0 Å². The Balaban J connectivity index is 3.06. The predicted molar refractivity (Wildman–Crippen MR) is 38.3 cm³/mol. The molecule has 2 unspecified atom stereocenters. The van der Waals surface area contributed by atoms with Crippen molar-refractivity contribution in [2.75, 3.05) is 4.43 Å². The topological polar surface area (TPSA) is 26.0 Å². The second-order valence-electron chi connectivity index (χ2n) is 2.47. The number of hydrogen-bond acceptors (Lipinski definition) is 1. The van der Waals surface area contributed by atoms with Crippen LogP contribution >= 0.6 is 0 Å². The zero-order valence-electron chi connectivity index (χ0n) is 6.52. The van der Waals surface area contributed by atoms with Crippen molar-refractivity contribution in [1.29, 1.82) is 0 Å². The van der Waals surface area contributed by atoms with Crippen molar-refractivity contribution >= 4 is 0 Å². The average molecular weight is 242 g/mol. The maximum absolute atomic E-state index is 5.62. The summed E-state index contributed by atoms with van der Waals surface area (Å²) in [6.07, 6.45) is 1.33. The summed E-state index contributed by atoms with van der Waals surface area (Å²) < 4.78 is 2.25. The summed E-state index contributed by atoms with van der Waals surface area (Å²) in [6.45, 7) is 6.68.